The third-order valence-corrected chi connectivity index (χ3v) is 3.54. The predicted molar refractivity (Wildman–Crippen MR) is 105 cm³/mol. The topological polar surface area (TPSA) is 120 Å². The highest BCUT2D eigenvalue weighted by atomic mass is 16.6. The number of esters is 1. The van der Waals surface area contributed by atoms with E-state index in [2.05, 4.69) is 20.6 Å². The predicted octanol–water partition coefficient (Wildman–Crippen LogP) is 2.18. The average Bonchev–Trinajstić information content (AvgIpc) is 2.69. The Balaban J connectivity index is 1.96. The van der Waals surface area contributed by atoms with Crippen LogP contribution < -0.4 is 10.6 Å². The summed E-state index contributed by atoms with van der Waals surface area (Å²) < 4.78 is 9.82. The molecule has 0 bridgehead atoms. The lowest BCUT2D eigenvalue weighted by Gasteiger charge is -2.19. The lowest BCUT2D eigenvalue weighted by Crippen LogP contribution is -2.37. The zero-order valence-corrected chi connectivity index (χ0v) is 16.8. The molecule has 2 N–H and O–H groups in total. The first kappa shape index (κ1) is 21.8. The number of methoxy groups -OCH3 is 1. The van der Waals surface area contributed by atoms with Crippen molar-refractivity contribution in [3.63, 3.8) is 0 Å². The Labute approximate surface area is 168 Å². The van der Waals surface area contributed by atoms with Crippen molar-refractivity contribution in [1.29, 1.82) is 0 Å². The number of nitrogens with one attached hydrogen (secondary N) is 2. The summed E-state index contributed by atoms with van der Waals surface area (Å²) in [5.41, 5.74) is 1.00. The van der Waals surface area contributed by atoms with Gasteiger partial charge in [0.25, 0.3) is 5.91 Å². The smallest absolute Gasteiger partial charge is 0.407 e. The van der Waals surface area contributed by atoms with E-state index in [1.165, 1.54) is 25.6 Å². The van der Waals surface area contributed by atoms with Crippen molar-refractivity contribution in [2.75, 3.05) is 20.2 Å². The first-order chi connectivity index (χ1) is 13.7. The summed E-state index contributed by atoms with van der Waals surface area (Å²) >= 11 is 0. The van der Waals surface area contributed by atoms with Crippen molar-refractivity contribution in [1.82, 2.24) is 20.6 Å². The second kappa shape index (κ2) is 9.63. The Kier molecular flexibility index (Phi) is 7.24. The Morgan fingerprint density at radius 2 is 1.48 bits per heavy atom. The van der Waals surface area contributed by atoms with Crippen LogP contribution in [-0.4, -0.2) is 53.7 Å². The van der Waals surface area contributed by atoms with Crippen molar-refractivity contribution < 1.29 is 23.9 Å². The number of carbonyl (C=O) groups is 3. The van der Waals surface area contributed by atoms with Crippen molar-refractivity contribution in [3.8, 4) is 11.4 Å². The third-order valence-electron chi connectivity index (χ3n) is 3.54. The second-order valence-electron chi connectivity index (χ2n) is 7.04. The summed E-state index contributed by atoms with van der Waals surface area (Å²) in [6.07, 6.45) is 2.41. The maximum atomic E-state index is 12.3. The number of aromatic nitrogens is 2. The lowest BCUT2D eigenvalue weighted by atomic mass is 10.1. The van der Waals surface area contributed by atoms with Gasteiger partial charge in [-0.25, -0.2) is 9.59 Å². The molecule has 2 aromatic heterocycles. The van der Waals surface area contributed by atoms with Gasteiger partial charge in [-0.3, -0.25) is 14.8 Å². The first-order valence-electron chi connectivity index (χ1n) is 8.95. The first-order valence-corrected chi connectivity index (χ1v) is 8.95. The molecule has 0 aromatic carbocycles. The van der Waals surface area contributed by atoms with E-state index in [1.807, 2.05) is 0 Å². The monoisotopic (exact) mass is 400 g/mol. The van der Waals surface area contributed by atoms with Gasteiger partial charge in [-0.15, -0.1) is 0 Å². The molecule has 2 amide bonds. The van der Waals surface area contributed by atoms with E-state index >= 15 is 0 Å². The fraction of sp³-hybridized carbons (Fsp3) is 0.350. The second-order valence-corrected chi connectivity index (χ2v) is 7.04. The molecular formula is C20H24N4O5. The van der Waals surface area contributed by atoms with Crippen LogP contribution >= 0.6 is 0 Å². The molecule has 0 aliphatic heterocycles. The van der Waals surface area contributed by atoms with E-state index in [1.54, 1.807) is 39.0 Å². The Hall–Kier alpha value is -3.49. The van der Waals surface area contributed by atoms with Gasteiger partial charge in [0.2, 0.25) is 0 Å². The van der Waals surface area contributed by atoms with E-state index < -0.39 is 17.7 Å². The molecule has 0 aliphatic carbocycles. The van der Waals surface area contributed by atoms with Crippen LogP contribution in [0, 0.1) is 0 Å². The molecule has 9 heteroatoms. The summed E-state index contributed by atoms with van der Waals surface area (Å²) in [6.45, 7) is 5.76. The van der Waals surface area contributed by atoms with Gasteiger partial charge in [-0.05, 0) is 45.0 Å². The number of hydrogen-bond acceptors (Lipinski definition) is 7. The summed E-state index contributed by atoms with van der Waals surface area (Å²) in [7, 11) is 1.29. The highest BCUT2D eigenvalue weighted by Gasteiger charge is 2.16. The molecular weight excluding hydrogens is 376 g/mol. The van der Waals surface area contributed by atoms with Crippen molar-refractivity contribution in [2.45, 2.75) is 26.4 Å². The summed E-state index contributed by atoms with van der Waals surface area (Å²) in [5.74, 6) is -0.816. The van der Waals surface area contributed by atoms with E-state index in [0.717, 1.165) is 0 Å². The van der Waals surface area contributed by atoms with E-state index in [9.17, 15) is 14.4 Å². The van der Waals surface area contributed by atoms with Crippen LogP contribution in [0.25, 0.3) is 11.4 Å². The Bertz CT molecular complexity index is 892. The fourth-order valence-corrected chi connectivity index (χ4v) is 2.28. The maximum absolute atomic E-state index is 12.3. The summed E-state index contributed by atoms with van der Waals surface area (Å²) in [6, 6.07) is 6.20. The number of rotatable bonds is 6. The molecule has 154 valence electrons. The molecule has 0 fully saturated rings. The van der Waals surface area contributed by atoms with Gasteiger partial charge in [0.1, 0.15) is 5.60 Å². The molecule has 0 saturated heterocycles. The van der Waals surface area contributed by atoms with E-state index in [4.69, 9.17) is 9.47 Å². The molecule has 0 spiro atoms. The van der Waals surface area contributed by atoms with Crippen molar-refractivity contribution >= 4 is 18.0 Å². The molecule has 9 nitrogen and oxygen atoms in total. The number of alkyl carbamates (subject to hydrolysis) is 1. The Morgan fingerprint density at radius 1 is 0.931 bits per heavy atom. The zero-order chi connectivity index (χ0) is 21.4. The van der Waals surface area contributed by atoms with Crippen LogP contribution in [0.2, 0.25) is 0 Å². The van der Waals surface area contributed by atoms with Crippen molar-refractivity contribution in [3.05, 3.63) is 47.8 Å². The number of nitrogens with zero attached hydrogens (tertiary/aromatic N) is 2. The van der Waals surface area contributed by atoms with Gasteiger partial charge in [0, 0.05) is 31.0 Å². The number of amides is 2. The molecule has 29 heavy (non-hydrogen) atoms. The highest BCUT2D eigenvalue weighted by molar-refractivity contribution is 5.95. The third kappa shape index (κ3) is 6.87. The maximum Gasteiger partial charge on any atom is 0.407 e. The molecule has 2 heterocycles. The standard InChI is InChI=1S/C20H24N4O5/c1-20(2,3)29-19(27)24-10-9-23-17(25)13-5-7-21-15(11-13)16-12-14(6-8-22-16)18(26)28-4/h5-8,11-12H,9-10H2,1-4H3,(H,23,25)(H,24,27). The van der Waals surface area contributed by atoms with Gasteiger partial charge < -0.3 is 20.1 Å². The van der Waals surface area contributed by atoms with Crippen LogP contribution in [0.4, 0.5) is 4.79 Å². The van der Waals surface area contributed by atoms with Crippen LogP contribution in [0.5, 0.6) is 0 Å². The number of carbonyl (C=O) groups excluding carboxylic acids is 3. The van der Waals surface area contributed by atoms with Gasteiger partial charge in [0.15, 0.2) is 0 Å². The molecule has 0 aliphatic rings. The van der Waals surface area contributed by atoms with E-state index in [-0.39, 0.29) is 19.0 Å². The van der Waals surface area contributed by atoms with Gasteiger partial charge in [-0.2, -0.15) is 0 Å². The minimum atomic E-state index is -0.583. The average molecular weight is 400 g/mol. The molecule has 0 atom stereocenters. The Morgan fingerprint density at radius 3 is 2.07 bits per heavy atom. The van der Waals surface area contributed by atoms with E-state index in [0.29, 0.717) is 22.5 Å². The lowest BCUT2D eigenvalue weighted by molar-refractivity contribution is 0.0525. The minimum absolute atomic E-state index is 0.224. The highest BCUT2D eigenvalue weighted by Crippen LogP contribution is 2.17. The normalized spacial score (nSPS) is 10.8. The van der Waals surface area contributed by atoms with Gasteiger partial charge in [-0.1, -0.05) is 0 Å². The molecule has 2 rings (SSSR count). The fourth-order valence-electron chi connectivity index (χ4n) is 2.28. The summed E-state index contributed by atoms with van der Waals surface area (Å²) in [5, 5.41) is 5.27. The summed E-state index contributed by atoms with van der Waals surface area (Å²) in [4.78, 5) is 44.0. The molecule has 2 aromatic rings. The van der Waals surface area contributed by atoms with Crippen LogP contribution in [0.3, 0.4) is 0 Å². The molecule has 0 unspecified atom stereocenters. The number of ether oxygens (including phenoxy) is 2. The molecule has 0 saturated carbocycles. The van der Waals surface area contributed by atoms with Crippen LogP contribution in [-0.2, 0) is 9.47 Å². The molecule has 0 radical (unpaired) electrons. The number of pyridine rings is 2. The SMILES string of the molecule is COC(=O)c1ccnc(-c2cc(C(=O)NCCNC(=O)OC(C)(C)C)ccn2)c1. The van der Waals surface area contributed by atoms with Crippen LogP contribution in [0.15, 0.2) is 36.7 Å². The zero-order valence-electron chi connectivity index (χ0n) is 16.8. The minimum Gasteiger partial charge on any atom is -0.465 e. The number of hydrogen-bond donors (Lipinski definition) is 2. The van der Waals surface area contributed by atoms with Gasteiger partial charge in [0.05, 0.1) is 24.1 Å². The van der Waals surface area contributed by atoms with Crippen molar-refractivity contribution in [2.24, 2.45) is 0 Å². The largest absolute Gasteiger partial charge is 0.465 e. The van der Waals surface area contributed by atoms with Crippen LogP contribution in [0.1, 0.15) is 41.5 Å². The quantitative estimate of drug-likeness (QED) is 0.563. The van der Waals surface area contributed by atoms with Gasteiger partial charge >= 0.3 is 12.1 Å².